The molecule has 0 aromatic heterocycles. The molecule has 130 valence electrons. The van der Waals surface area contributed by atoms with Crippen molar-refractivity contribution in [1.82, 2.24) is 10.8 Å². The molecule has 0 aromatic carbocycles. The summed E-state index contributed by atoms with van der Waals surface area (Å²) in [5.41, 5.74) is 1.75. The molecule has 6 heteroatoms. The molecule has 0 fully saturated rings. The van der Waals surface area contributed by atoms with Crippen LogP contribution in [0.5, 0.6) is 0 Å². The second kappa shape index (κ2) is 27.9. The highest BCUT2D eigenvalue weighted by atomic mass is 19.1. The maximum Gasteiger partial charge on any atom is 0.119 e. The Hall–Kier alpha value is -1.34. The van der Waals surface area contributed by atoms with Crippen LogP contribution in [0.2, 0.25) is 0 Å². The quantitative estimate of drug-likeness (QED) is 0.164. The van der Waals surface area contributed by atoms with Crippen LogP contribution < -0.4 is 10.8 Å². The van der Waals surface area contributed by atoms with Crippen molar-refractivity contribution in [3.05, 3.63) is 37.2 Å². The van der Waals surface area contributed by atoms with Crippen molar-refractivity contribution in [1.29, 1.82) is 0 Å². The fourth-order valence-corrected chi connectivity index (χ4v) is 1.25. The largest absolute Gasteiger partial charge is 0.379 e. The summed E-state index contributed by atoms with van der Waals surface area (Å²) in [6, 6.07) is 0. The van der Waals surface area contributed by atoms with Crippen LogP contribution in [-0.2, 0) is 4.79 Å². The Labute approximate surface area is 133 Å². The van der Waals surface area contributed by atoms with Crippen molar-refractivity contribution in [2.75, 3.05) is 14.1 Å². The number of nitrogens with one attached hydrogen (secondary N) is 2. The Balaban J connectivity index is -0.000000305. The summed E-state index contributed by atoms with van der Waals surface area (Å²) >= 11 is 0. The number of aliphatic hydroxyl groups excluding tert-OH is 1. The van der Waals surface area contributed by atoms with Crippen LogP contribution in [0.3, 0.4) is 0 Å². The minimum Gasteiger partial charge on any atom is -0.379 e. The van der Waals surface area contributed by atoms with Crippen molar-refractivity contribution in [2.45, 2.75) is 44.8 Å². The van der Waals surface area contributed by atoms with E-state index in [0.717, 1.165) is 38.4 Å². The lowest BCUT2D eigenvalue weighted by Crippen LogP contribution is -2.23. The van der Waals surface area contributed by atoms with Gasteiger partial charge in [0, 0.05) is 13.5 Å². The third-order valence-electron chi connectivity index (χ3n) is 2.31. The van der Waals surface area contributed by atoms with E-state index in [2.05, 4.69) is 11.9 Å². The second-order valence-electron chi connectivity index (χ2n) is 4.13. The average molecular weight is 318 g/mol. The first-order valence-corrected chi connectivity index (χ1v) is 7.28. The molecule has 1 atom stereocenters. The first kappa shape index (κ1) is 25.6. The highest BCUT2D eigenvalue weighted by Crippen LogP contribution is 2.05. The van der Waals surface area contributed by atoms with E-state index in [1.807, 2.05) is 0 Å². The van der Waals surface area contributed by atoms with Gasteiger partial charge in [0.15, 0.2) is 0 Å². The van der Waals surface area contributed by atoms with Crippen LogP contribution in [0.4, 0.5) is 4.39 Å². The van der Waals surface area contributed by atoms with E-state index in [9.17, 15) is 9.18 Å². The zero-order valence-electron chi connectivity index (χ0n) is 13.7. The monoisotopic (exact) mass is 318 g/mol. The summed E-state index contributed by atoms with van der Waals surface area (Å²) in [6.07, 6.45) is 12.8. The zero-order valence-corrected chi connectivity index (χ0v) is 13.7. The number of unbranched alkanes of at least 4 members (excludes halogenated alkanes) is 4. The molecule has 0 saturated heterocycles. The molecule has 0 aromatic rings. The SMILES string of the molecule is C=C/C=C\C=C\F.CNC(O)CCCCCCC=O.CNO. The summed E-state index contributed by atoms with van der Waals surface area (Å²) in [5, 5.41) is 19.2. The Bertz CT molecular complexity index is 272. The predicted molar refractivity (Wildman–Crippen MR) is 89.3 cm³/mol. The van der Waals surface area contributed by atoms with E-state index >= 15 is 0 Å². The van der Waals surface area contributed by atoms with E-state index in [4.69, 9.17) is 10.3 Å². The van der Waals surface area contributed by atoms with Crippen molar-refractivity contribution in [3.8, 4) is 0 Å². The Morgan fingerprint density at radius 3 is 2.18 bits per heavy atom. The lowest BCUT2D eigenvalue weighted by atomic mass is 10.1. The second-order valence-corrected chi connectivity index (χ2v) is 4.13. The molecule has 22 heavy (non-hydrogen) atoms. The number of hydroxylamine groups is 1. The first-order chi connectivity index (χ1) is 10.6. The molecule has 0 saturated carbocycles. The minimum atomic E-state index is -0.365. The fraction of sp³-hybridized carbons (Fsp3) is 0.562. The van der Waals surface area contributed by atoms with Gasteiger partial charge in [-0.25, -0.2) is 9.87 Å². The van der Waals surface area contributed by atoms with Crippen LogP contribution >= 0.6 is 0 Å². The topological polar surface area (TPSA) is 81.6 Å². The van der Waals surface area contributed by atoms with Gasteiger partial charge >= 0.3 is 0 Å². The maximum atomic E-state index is 11.1. The number of hydrogen-bond acceptors (Lipinski definition) is 5. The third kappa shape index (κ3) is 36.3. The highest BCUT2D eigenvalue weighted by Gasteiger charge is 1.98. The van der Waals surface area contributed by atoms with Crippen molar-refractivity contribution < 1.29 is 19.5 Å². The molecular weight excluding hydrogens is 287 g/mol. The van der Waals surface area contributed by atoms with Gasteiger partial charge in [-0.15, -0.1) is 0 Å². The van der Waals surface area contributed by atoms with E-state index in [0.29, 0.717) is 12.8 Å². The lowest BCUT2D eigenvalue weighted by Gasteiger charge is -2.07. The molecule has 1 unspecified atom stereocenters. The van der Waals surface area contributed by atoms with E-state index in [1.165, 1.54) is 13.1 Å². The molecule has 0 rings (SSSR count). The minimum absolute atomic E-state index is 0.365. The molecular formula is C16H31FN2O3. The van der Waals surface area contributed by atoms with Crippen LogP contribution in [0.1, 0.15) is 38.5 Å². The van der Waals surface area contributed by atoms with E-state index in [-0.39, 0.29) is 6.23 Å². The summed E-state index contributed by atoms with van der Waals surface area (Å²) < 4.78 is 11.1. The number of hydrogen-bond donors (Lipinski definition) is 4. The Kier molecular flexibility index (Phi) is 32.5. The molecule has 0 aliphatic heterocycles. The average Bonchev–Trinajstić information content (AvgIpc) is 2.52. The van der Waals surface area contributed by atoms with Crippen molar-refractivity contribution >= 4 is 6.29 Å². The molecule has 0 amide bonds. The summed E-state index contributed by atoms with van der Waals surface area (Å²) in [4.78, 5) is 9.94. The molecule has 0 radical (unpaired) electrons. The first-order valence-electron chi connectivity index (χ1n) is 7.28. The van der Waals surface area contributed by atoms with Gasteiger partial charge in [-0.3, -0.25) is 5.32 Å². The lowest BCUT2D eigenvalue weighted by molar-refractivity contribution is -0.107. The zero-order chi connectivity index (χ0) is 17.5. The number of rotatable bonds is 10. The van der Waals surface area contributed by atoms with E-state index < -0.39 is 0 Å². The normalized spacial score (nSPS) is 11.3. The molecule has 0 aliphatic carbocycles. The number of aldehydes is 1. The van der Waals surface area contributed by atoms with Gasteiger partial charge in [0.25, 0.3) is 0 Å². The van der Waals surface area contributed by atoms with Gasteiger partial charge in [-0.2, -0.15) is 0 Å². The van der Waals surface area contributed by atoms with Gasteiger partial charge in [0.05, 0.1) is 6.33 Å². The highest BCUT2D eigenvalue weighted by molar-refractivity contribution is 5.48. The van der Waals surface area contributed by atoms with Crippen LogP contribution in [0.25, 0.3) is 0 Å². The summed E-state index contributed by atoms with van der Waals surface area (Å²) in [5.74, 6) is 0. The predicted octanol–water partition coefficient (Wildman–Crippen LogP) is 2.87. The summed E-state index contributed by atoms with van der Waals surface area (Å²) in [7, 11) is 3.18. The smallest absolute Gasteiger partial charge is 0.119 e. The molecule has 0 heterocycles. The van der Waals surface area contributed by atoms with Crippen molar-refractivity contribution in [2.24, 2.45) is 0 Å². The standard InChI is InChI=1S/C9H19NO2.C6H7F.CH5NO/c1-10-9(12)7-5-3-2-4-6-8-11;1-2-3-4-5-6-7;1-2-3/h8-10,12H,2-7H2,1H3;2-6H,1H2;2-3H,1H3/b;4-3-,6-5+;. The number of aliphatic hydroxyl groups is 1. The fourth-order valence-electron chi connectivity index (χ4n) is 1.25. The third-order valence-corrected chi connectivity index (χ3v) is 2.31. The summed E-state index contributed by atoms with van der Waals surface area (Å²) in [6.45, 7) is 3.39. The molecule has 0 spiro atoms. The molecule has 5 nitrogen and oxygen atoms in total. The molecule has 0 bridgehead atoms. The number of allylic oxidation sites excluding steroid dienone is 4. The van der Waals surface area contributed by atoms with Crippen LogP contribution in [-0.4, -0.2) is 36.9 Å². The van der Waals surface area contributed by atoms with E-state index in [1.54, 1.807) is 30.8 Å². The van der Waals surface area contributed by atoms with Crippen molar-refractivity contribution in [3.63, 3.8) is 0 Å². The number of halogens is 1. The van der Waals surface area contributed by atoms with Gasteiger partial charge in [0.2, 0.25) is 0 Å². The molecule has 4 N–H and O–H groups in total. The number of carbonyl (C=O) groups is 1. The van der Waals surface area contributed by atoms with Gasteiger partial charge in [-0.05, 0) is 32.4 Å². The Morgan fingerprint density at radius 1 is 1.14 bits per heavy atom. The number of carbonyl (C=O) groups excluding carboxylic acids is 1. The molecule has 0 aliphatic rings. The van der Waals surface area contributed by atoms with Gasteiger partial charge in [0.1, 0.15) is 12.5 Å². The van der Waals surface area contributed by atoms with Gasteiger partial charge in [-0.1, -0.05) is 37.6 Å². The Morgan fingerprint density at radius 2 is 1.73 bits per heavy atom. The van der Waals surface area contributed by atoms with Crippen LogP contribution in [0, 0.1) is 0 Å². The van der Waals surface area contributed by atoms with Gasteiger partial charge < -0.3 is 15.1 Å². The van der Waals surface area contributed by atoms with Crippen LogP contribution in [0.15, 0.2) is 37.2 Å². The maximum absolute atomic E-state index is 11.1.